The van der Waals surface area contributed by atoms with E-state index in [4.69, 9.17) is 9.15 Å². The number of aliphatic imine (C=N–C) groups is 1. The lowest BCUT2D eigenvalue weighted by Gasteiger charge is -2.36. The molecule has 1 aliphatic heterocycles. The Morgan fingerprint density at radius 1 is 1.17 bits per heavy atom. The number of carbonyl (C=O) groups excluding carboxylic acids is 1. The van der Waals surface area contributed by atoms with Gasteiger partial charge >= 0.3 is 0 Å². The molecular formula is C21H29IN4O3. The van der Waals surface area contributed by atoms with Gasteiger partial charge in [0.05, 0.1) is 13.4 Å². The Bertz CT molecular complexity index is 802. The number of hydrogen-bond donors (Lipinski definition) is 1. The molecule has 1 atom stereocenters. The molecule has 0 spiro atoms. The molecule has 1 amide bonds. The molecule has 1 unspecified atom stereocenters. The molecule has 1 aromatic carbocycles. The molecule has 29 heavy (non-hydrogen) atoms. The zero-order valence-electron chi connectivity index (χ0n) is 17.1. The van der Waals surface area contributed by atoms with Gasteiger partial charge in [-0.25, -0.2) is 0 Å². The van der Waals surface area contributed by atoms with Gasteiger partial charge in [0, 0.05) is 45.7 Å². The van der Waals surface area contributed by atoms with Crippen LogP contribution >= 0.6 is 24.0 Å². The summed E-state index contributed by atoms with van der Waals surface area (Å²) in [5, 5.41) is 3.46. The molecule has 158 valence electrons. The minimum absolute atomic E-state index is 0. The number of piperazine rings is 1. The van der Waals surface area contributed by atoms with E-state index >= 15 is 0 Å². The first-order valence-electron chi connectivity index (χ1n) is 9.55. The number of furan rings is 1. The van der Waals surface area contributed by atoms with Gasteiger partial charge in [-0.1, -0.05) is 25.1 Å². The van der Waals surface area contributed by atoms with Crippen molar-refractivity contribution in [3.63, 3.8) is 0 Å². The first-order chi connectivity index (χ1) is 13.6. The number of nitrogens with one attached hydrogen (secondary N) is 1. The zero-order valence-corrected chi connectivity index (χ0v) is 19.5. The van der Waals surface area contributed by atoms with E-state index < -0.39 is 0 Å². The topological polar surface area (TPSA) is 70.3 Å². The van der Waals surface area contributed by atoms with Crippen LogP contribution in [-0.4, -0.2) is 68.5 Å². The third-order valence-corrected chi connectivity index (χ3v) is 5.05. The van der Waals surface area contributed by atoms with Gasteiger partial charge in [0.2, 0.25) is 0 Å². The lowest BCUT2D eigenvalue weighted by Crippen LogP contribution is -2.54. The molecule has 3 rings (SSSR count). The molecule has 1 N–H and O–H groups in total. The van der Waals surface area contributed by atoms with E-state index in [1.807, 2.05) is 23.1 Å². The summed E-state index contributed by atoms with van der Waals surface area (Å²) in [6.45, 7) is 5.66. The van der Waals surface area contributed by atoms with Crippen LogP contribution in [0.3, 0.4) is 0 Å². The highest BCUT2D eigenvalue weighted by atomic mass is 127. The number of rotatable bonds is 5. The minimum atomic E-state index is -0.0580. The van der Waals surface area contributed by atoms with Gasteiger partial charge in [-0.05, 0) is 23.8 Å². The number of hydrogen-bond acceptors (Lipinski definition) is 4. The van der Waals surface area contributed by atoms with Crippen molar-refractivity contribution in [3.05, 3.63) is 54.0 Å². The maximum absolute atomic E-state index is 12.4. The second-order valence-corrected chi connectivity index (χ2v) is 6.83. The monoisotopic (exact) mass is 512 g/mol. The summed E-state index contributed by atoms with van der Waals surface area (Å²) < 4.78 is 10.7. The molecule has 2 heterocycles. The molecule has 7 nitrogen and oxygen atoms in total. The van der Waals surface area contributed by atoms with Crippen molar-refractivity contribution in [3.8, 4) is 5.75 Å². The van der Waals surface area contributed by atoms with Gasteiger partial charge < -0.3 is 24.3 Å². The lowest BCUT2D eigenvalue weighted by molar-refractivity contribution is 0.0657. The maximum Gasteiger partial charge on any atom is 0.289 e. The summed E-state index contributed by atoms with van der Waals surface area (Å²) in [5.74, 6) is 2.36. The Labute approximate surface area is 189 Å². The van der Waals surface area contributed by atoms with E-state index in [1.165, 1.54) is 11.8 Å². The van der Waals surface area contributed by atoms with E-state index in [0.29, 0.717) is 18.8 Å². The summed E-state index contributed by atoms with van der Waals surface area (Å²) in [4.78, 5) is 20.8. The molecule has 0 aliphatic carbocycles. The Kier molecular flexibility index (Phi) is 8.81. The SMILES string of the molecule is CN=C(NCC(C)c1ccccc1OC)N1CCN(C(=O)c2ccco2)CC1.I. The van der Waals surface area contributed by atoms with Gasteiger partial charge in [0.15, 0.2) is 11.7 Å². The summed E-state index contributed by atoms with van der Waals surface area (Å²) >= 11 is 0. The number of para-hydroxylation sites is 1. The second-order valence-electron chi connectivity index (χ2n) is 6.83. The average Bonchev–Trinajstić information content (AvgIpc) is 3.29. The first kappa shape index (κ1) is 23.1. The van der Waals surface area contributed by atoms with Crippen molar-refractivity contribution < 1.29 is 13.9 Å². The summed E-state index contributed by atoms with van der Waals surface area (Å²) in [6.07, 6.45) is 1.53. The third-order valence-electron chi connectivity index (χ3n) is 5.05. The fourth-order valence-corrected chi connectivity index (χ4v) is 3.44. The normalized spacial score (nSPS) is 15.5. The number of carbonyl (C=O) groups is 1. The molecule has 0 radical (unpaired) electrons. The highest BCUT2D eigenvalue weighted by Crippen LogP contribution is 2.25. The van der Waals surface area contributed by atoms with Crippen LogP contribution in [0.1, 0.15) is 29.0 Å². The van der Waals surface area contributed by atoms with Crippen LogP contribution in [-0.2, 0) is 0 Å². The largest absolute Gasteiger partial charge is 0.496 e. The van der Waals surface area contributed by atoms with Crippen LogP contribution in [0.4, 0.5) is 0 Å². The number of ether oxygens (including phenoxy) is 1. The predicted octanol–water partition coefficient (Wildman–Crippen LogP) is 3.04. The number of nitrogens with zero attached hydrogens (tertiary/aromatic N) is 3. The van der Waals surface area contributed by atoms with Crippen LogP contribution in [0.5, 0.6) is 5.75 Å². The van der Waals surface area contributed by atoms with E-state index in [0.717, 1.165) is 31.3 Å². The first-order valence-corrected chi connectivity index (χ1v) is 9.55. The zero-order chi connectivity index (χ0) is 19.9. The molecule has 1 aliphatic rings. The van der Waals surface area contributed by atoms with Crippen molar-refractivity contribution in [1.82, 2.24) is 15.1 Å². The highest BCUT2D eigenvalue weighted by molar-refractivity contribution is 14.0. The van der Waals surface area contributed by atoms with Crippen LogP contribution in [0, 0.1) is 0 Å². The number of methoxy groups -OCH3 is 1. The Morgan fingerprint density at radius 3 is 2.48 bits per heavy atom. The predicted molar refractivity (Wildman–Crippen MR) is 124 cm³/mol. The van der Waals surface area contributed by atoms with E-state index in [-0.39, 0.29) is 35.8 Å². The Morgan fingerprint density at radius 2 is 1.86 bits per heavy atom. The summed E-state index contributed by atoms with van der Waals surface area (Å²) in [7, 11) is 3.48. The molecular weight excluding hydrogens is 483 g/mol. The van der Waals surface area contributed by atoms with Gasteiger partial charge in [-0.2, -0.15) is 0 Å². The molecule has 1 fully saturated rings. The van der Waals surface area contributed by atoms with E-state index in [1.54, 1.807) is 26.3 Å². The smallest absolute Gasteiger partial charge is 0.289 e. The fourth-order valence-electron chi connectivity index (χ4n) is 3.44. The molecule has 0 bridgehead atoms. The Hall–Kier alpha value is -2.23. The average molecular weight is 512 g/mol. The summed E-state index contributed by atoms with van der Waals surface area (Å²) in [6, 6.07) is 11.5. The molecule has 8 heteroatoms. The van der Waals surface area contributed by atoms with Crippen LogP contribution in [0.25, 0.3) is 0 Å². The van der Waals surface area contributed by atoms with Crippen molar-refractivity contribution >= 4 is 35.8 Å². The lowest BCUT2D eigenvalue weighted by atomic mass is 10.0. The standard InChI is InChI=1S/C21H28N4O3.HI/c1-16(17-7-4-5-8-18(17)27-3)15-23-21(22-2)25-12-10-24(11-13-25)20(26)19-9-6-14-28-19;/h4-9,14,16H,10-13,15H2,1-3H3,(H,22,23);1H. The van der Waals surface area contributed by atoms with E-state index in [2.05, 4.69) is 28.2 Å². The molecule has 2 aromatic rings. The van der Waals surface area contributed by atoms with Crippen molar-refractivity contribution in [1.29, 1.82) is 0 Å². The number of guanidine groups is 1. The van der Waals surface area contributed by atoms with Gasteiger partial charge in [0.25, 0.3) is 5.91 Å². The number of benzene rings is 1. The molecule has 1 saturated heterocycles. The van der Waals surface area contributed by atoms with Crippen LogP contribution in [0.2, 0.25) is 0 Å². The third kappa shape index (κ3) is 5.65. The fraction of sp³-hybridized carbons (Fsp3) is 0.429. The second kappa shape index (κ2) is 11.1. The van der Waals surface area contributed by atoms with Gasteiger partial charge in [-0.3, -0.25) is 9.79 Å². The highest BCUT2D eigenvalue weighted by Gasteiger charge is 2.25. The van der Waals surface area contributed by atoms with Gasteiger partial charge in [0.1, 0.15) is 5.75 Å². The van der Waals surface area contributed by atoms with Crippen LogP contribution in [0.15, 0.2) is 52.1 Å². The maximum atomic E-state index is 12.4. The van der Waals surface area contributed by atoms with Gasteiger partial charge in [-0.15, -0.1) is 24.0 Å². The molecule has 0 saturated carbocycles. The van der Waals surface area contributed by atoms with Crippen molar-refractivity contribution in [2.45, 2.75) is 12.8 Å². The van der Waals surface area contributed by atoms with E-state index in [9.17, 15) is 4.79 Å². The number of amides is 1. The molecule has 1 aromatic heterocycles. The summed E-state index contributed by atoms with van der Waals surface area (Å²) in [5.41, 5.74) is 1.17. The number of halogens is 1. The van der Waals surface area contributed by atoms with Crippen LogP contribution < -0.4 is 10.1 Å². The van der Waals surface area contributed by atoms with Crippen molar-refractivity contribution in [2.24, 2.45) is 4.99 Å². The quantitative estimate of drug-likeness (QED) is 0.379. The van der Waals surface area contributed by atoms with Crippen molar-refractivity contribution in [2.75, 3.05) is 46.9 Å². The minimum Gasteiger partial charge on any atom is -0.496 e. The Balaban J connectivity index is 0.00000300.